The highest BCUT2D eigenvalue weighted by molar-refractivity contribution is 5.81. The zero-order valence-corrected chi connectivity index (χ0v) is 13.5. The molecule has 1 N–H and O–H groups in total. The van der Waals surface area contributed by atoms with Crippen LogP contribution in [0.4, 0.5) is 10.2 Å². The third kappa shape index (κ3) is 3.08. The first-order valence-corrected chi connectivity index (χ1v) is 7.73. The van der Waals surface area contributed by atoms with E-state index < -0.39 is 0 Å². The van der Waals surface area contributed by atoms with Gasteiger partial charge in [-0.2, -0.15) is 0 Å². The smallest absolute Gasteiger partial charge is 0.325 e. The van der Waals surface area contributed by atoms with E-state index in [0.717, 1.165) is 11.3 Å². The second kappa shape index (κ2) is 6.70. The Hall–Kier alpha value is -2.89. The number of fused-ring (bicyclic) bond motifs is 1. The van der Waals surface area contributed by atoms with E-state index in [0.29, 0.717) is 23.7 Å². The number of ether oxygens (including phenoxy) is 1. The van der Waals surface area contributed by atoms with Gasteiger partial charge in [0.25, 0.3) is 0 Å². The quantitative estimate of drug-likeness (QED) is 0.730. The molecule has 1 aromatic carbocycles. The van der Waals surface area contributed by atoms with Gasteiger partial charge >= 0.3 is 5.97 Å². The van der Waals surface area contributed by atoms with E-state index in [1.807, 2.05) is 29.5 Å². The number of benzene rings is 1. The number of aryl methyl sites for hydroxylation is 1. The Morgan fingerprint density at radius 2 is 2.08 bits per heavy atom. The van der Waals surface area contributed by atoms with E-state index in [-0.39, 0.29) is 18.3 Å². The molecule has 3 rings (SSSR count). The molecule has 0 unspecified atom stereocenters. The van der Waals surface area contributed by atoms with Crippen LogP contribution in [0.5, 0.6) is 0 Å². The Morgan fingerprint density at radius 3 is 2.83 bits per heavy atom. The molecular weight excluding hydrogens is 309 g/mol. The number of hydrogen-bond acceptors (Lipinski definition) is 4. The average molecular weight is 327 g/mol. The minimum atomic E-state index is -0.355. The van der Waals surface area contributed by atoms with Crippen LogP contribution >= 0.6 is 0 Å². The second-order valence-electron chi connectivity index (χ2n) is 5.34. The van der Waals surface area contributed by atoms with Crippen LogP contribution in [0.25, 0.3) is 16.9 Å². The van der Waals surface area contributed by atoms with E-state index in [4.69, 9.17) is 4.74 Å². The summed E-state index contributed by atoms with van der Waals surface area (Å²) < 4.78 is 20.5. The topological polar surface area (TPSA) is 55.6 Å². The number of imidazole rings is 1. The average Bonchev–Trinajstić information content (AvgIpc) is 2.93. The van der Waals surface area contributed by atoms with Crippen LogP contribution in [0.3, 0.4) is 0 Å². The fourth-order valence-electron chi connectivity index (χ4n) is 2.62. The van der Waals surface area contributed by atoms with Gasteiger partial charge < -0.3 is 10.1 Å². The Labute approximate surface area is 139 Å². The Morgan fingerprint density at radius 1 is 1.29 bits per heavy atom. The molecule has 0 bridgehead atoms. The highest BCUT2D eigenvalue weighted by Crippen LogP contribution is 2.30. The molecule has 0 atom stereocenters. The number of carbonyl (C=O) groups excluding carboxylic acids is 1. The van der Waals surface area contributed by atoms with Gasteiger partial charge in [0, 0.05) is 11.3 Å². The predicted octanol–water partition coefficient (Wildman–Crippen LogP) is 3.42. The van der Waals surface area contributed by atoms with E-state index in [2.05, 4.69) is 10.3 Å². The van der Waals surface area contributed by atoms with Crippen molar-refractivity contribution >= 4 is 17.4 Å². The number of nitrogens with zero attached hydrogens (tertiary/aromatic N) is 2. The molecule has 3 aromatic rings. The largest absolute Gasteiger partial charge is 0.465 e. The van der Waals surface area contributed by atoms with Crippen LogP contribution in [0.1, 0.15) is 12.6 Å². The summed E-state index contributed by atoms with van der Waals surface area (Å²) in [7, 11) is 0. The Balaban J connectivity index is 2.09. The zero-order chi connectivity index (χ0) is 17.1. The maximum absolute atomic E-state index is 13.6. The van der Waals surface area contributed by atoms with Crippen molar-refractivity contribution in [1.29, 1.82) is 0 Å². The molecule has 0 aliphatic heterocycles. The molecule has 5 nitrogen and oxygen atoms in total. The third-order valence-corrected chi connectivity index (χ3v) is 3.64. The lowest BCUT2D eigenvalue weighted by Gasteiger charge is -2.10. The summed E-state index contributed by atoms with van der Waals surface area (Å²) in [6.07, 6.45) is 0. The molecule has 0 amide bonds. The van der Waals surface area contributed by atoms with Gasteiger partial charge in [-0.3, -0.25) is 9.20 Å². The van der Waals surface area contributed by atoms with Gasteiger partial charge in [0.15, 0.2) is 0 Å². The number of aromatic nitrogens is 2. The summed E-state index contributed by atoms with van der Waals surface area (Å²) in [5.74, 6) is -0.0504. The molecule has 0 aliphatic carbocycles. The van der Waals surface area contributed by atoms with E-state index in [9.17, 15) is 9.18 Å². The van der Waals surface area contributed by atoms with Gasteiger partial charge in [-0.1, -0.05) is 18.2 Å². The molecular formula is C18H18FN3O2. The van der Waals surface area contributed by atoms with E-state index in [1.165, 1.54) is 12.1 Å². The highest BCUT2D eigenvalue weighted by atomic mass is 19.1. The van der Waals surface area contributed by atoms with Crippen molar-refractivity contribution < 1.29 is 13.9 Å². The minimum Gasteiger partial charge on any atom is -0.465 e. The third-order valence-electron chi connectivity index (χ3n) is 3.64. The lowest BCUT2D eigenvalue weighted by molar-refractivity contribution is -0.140. The van der Waals surface area contributed by atoms with Crippen molar-refractivity contribution in [3.05, 3.63) is 54.0 Å². The molecule has 0 fully saturated rings. The zero-order valence-electron chi connectivity index (χ0n) is 13.5. The molecule has 0 aliphatic rings. The van der Waals surface area contributed by atoms with Crippen molar-refractivity contribution in [2.24, 2.45) is 0 Å². The summed E-state index contributed by atoms with van der Waals surface area (Å²) in [6.45, 7) is 4.04. The molecule has 24 heavy (non-hydrogen) atoms. The molecule has 2 aromatic heterocycles. The van der Waals surface area contributed by atoms with Gasteiger partial charge in [-0.25, -0.2) is 9.37 Å². The van der Waals surface area contributed by atoms with Crippen LogP contribution < -0.4 is 5.32 Å². The summed E-state index contributed by atoms with van der Waals surface area (Å²) in [5, 5.41) is 3.08. The minimum absolute atomic E-state index is 0.0122. The number of pyridine rings is 1. The summed E-state index contributed by atoms with van der Waals surface area (Å²) in [4.78, 5) is 16.3. The fourth-order valence-corrected chi connectivity index (χ4v) is 2.62. The first-order chi connectivity index (χ1) is 11.6. The summed E-state index contributed by atoms with van der Waals surface area (Å²) in [6, 6.07) is 11.9. The van der Waals surface area contributed by atoms with Crippen LogP contribution in [-0.4, -0.2) is 28.5 Å². The van der Waals surface area contributed by atoms with Gasteiger partial charge in [-0.05, 0) is 38.1 Å². The number of nitrogens with one attached hydrogen (secondary N) is 1. The molecule has 0 saturated heterocycles. The van der Waals surface area contributed by atoms with Crippen molar-refractivity contribution in [1.82, 2.24) is 9.38 Å². The van der Waals surface area contributed by atoms with E-state index in [1.54, 1.807) is 19.1 Å². The van der Waals surface area contributed by atoms with Crippen molar-refractivity contribution in [2.75, 3.05) is 18.5 Å². The van der Waals surface area contributed by atoms with Crippen molar-refractivity contribution in [2.45, 2.75) is 13.8 Å². The summed E-state index contributed by atoms with van der Waals surface area (Å²) >= 11 is 0. The molecule has 0 radical (unpaired) electrons. The van der Waals surface area contributed by atoms with Gasteiger partial charge in [0.1, 0.15) is 29.5 Å². The van der Waals surface area contributed by atoms with E-state index >= 15 is 0 Å². The normalized spacial score (nSPS) is 10.8. The number of rotatable bonds is 5. The predicted molar refractivity (Wildman–Crippen MR) is 90.4 cm³/mol. The second-order valence-corrected chi connectivity index (χ2v) is 5.34. The first kappa shape index (κ1) is 16.0. The Bertz CT molecular complexity index is 889. The molecule has 2 heterocycles. The van der Waals surface area contributed by atoms with Crippen LogP contribution in [-0.2, 0) is 9.53 Å². The van der Waals surface area contributed by atoms with Crippen LogP contribution in [0, 0.1) is 12.7 Å². The Kier molecular flexibility index (Phi) is 4.46. The molecule has 124 valence electrons. The lowest BCUT2D eigenvalue weighted by Crippen LogP contribution is -2.18. The van der Waals surface area contributed by atoms with Crippen molar-refractivity contribution in [3.63, 3.8) is 0 Å². The molecule has 0 saturated carbocycles. The van der Waals surface area contributed by atoms with Gasteiger partial charge in [-0.15, -0.1) is 0 Å². The van der Waals surface area contributed by atoms with Gasteiger partial charge in [0.2, 0.25) is 0 Å². The lowest BCUT2D eigenvalue weighted by atomic mass is 10.1. The number of halogens is 1. The highest BCUT2D eigenvalue weighted by Gasteiger charge is 2.16. The fraction of sp³-hybridized carbons (Fsp3) is 0.222. The molecule has 6 heteroatoms. The first-order valence-electron chi connectivity index (χ1n) is 7.73. The number of hydrogen-bond donors (Lipinski definition) is 1. The maximum atomic E-state index is 13.6. The van der Waals surface area contributed by atoms with Crippen LogP contribution in [0.15, 0.2) is 42.5 Å². The van der Waals surface area contributed by atoms with Crippen LogP contribution in [0.2, 0.25) is 0 Å². The SMILES string of the molecule is CCOC(=O)CNc1c(-c2cccc(F)c2)nc2cccc(C)n12. The number of esters is 1. The monoisotopic (exact) mass is 327 g/mol. The number of carbonyl (C=O) groups is 1. The maximum Gasteiger partial charge on any atom is 0.325 e. The van der Waals surface area contributed by atoms with Gasteiger partial charge in [0.05, 0.1) is 6.61 Å². The number of anilines is 1. The summed E-state index contributed by atoms with van der Waals surface area (Å²) in [5.41, 5.74) is 2.91. The standard InChI is InChI=1S/C18H18FN3O2/c1-3-24-16(23)11-20-18-17(13-7-5-8-14(19)10-13)21-15-9-4-6-12(2)22(15)18/h4-10,20H,3,11H2,1-2H3. The molecule has 0 spiro atoms. The van der Waals surface area contributed by atoms with Crippen molar-refractivity contribution in [3.8, 4) is 11.3 Å².